The van der Waals surface area contributed by atoms with Gasteiger partial charge in [-0.3, -0.25) is 9.80 Å². The smallest absolute Gasteiger partial charge is 0.329 e. The van der Waals surface area contributed by atoms with Crippen molar-refractivity contribution >= 4 is 18.2 Å². The summed E-state index contributed by atoms with van der Waals surface area (Å²) in [6.07, 6.45) is -0.492. The summed E-state index contributed by atoms with van der Waals surface area (Å²) in [7, 11) is 0. The number of urea groups is 1. The Balaban J connectivity index is 2.92. The quantitative estimate of drug-likeness (QED) is 0.574. The highest BCUT2D eigenvalue weighted by Gasteiger charge is 2.38. The summed E-state index contributed by atoms with van der Waals surface area (Å²) in [5, 5.41) is 8.55. The van der Waals surface area contributed by atoms with E-state index in [1.165, 1.54) is 13.8 Å². The zero-order valence-corrected chi connectivity index (χ0v) is 11.6. The predicted octanol–water partition coefficient (Wildman–Crippen LogP) is 0.430. The summed E-state index contributed by atoms with van der Waals surface area (Å²) < 4.78 is 12.7. The molecular weight excluding hydrogens is 253 g/mol. The fourth-order valence-corrected chi connectivity index (χ4v) is 1.56. The molecule has 7 nitrogen and oxygen atoms in total. The Kier molecular flexibility index (Phi) is 4.46. The fourth-order valence-electron chi connectivity index (χ4n) is 1.56. The van der Waals surface area contributed by atoms with E-state index in [0.717, 1.165) is 10.0 Å². The van der Waals surface area contributed by atoms with Crippen LogP contribution in [0.5, 0.6) is 0 Å². The number of nitrogens with zero attached hydrogens (tertiary/aromatic N) is 3. The summed E-state index contributed by atoms with van der Waals surface area (Å²) in [4.78, 5) is 23.0. The summed E-state index contributed by atoms with van der Waals surface area (Å²) >= 11 is 0. The Morgan fingerprint density at radius 3 is 2.63 bits per heavy atom. The highest BCUT2D eigenvalue weighted by Crippen LogP contribution is 2.17. The fraction of sp³-hybridized carbons (Fsp3) is 0.727. The number of hydrazine groups is 1. The molecule has 1 aliphatic rings. The molecule has 0 aromatic carbocycles. The van der Waals surface area contributed by atoms with Crippen LogP contribution in [0.15, 0.2) is 5.10 Å². The Labute approximate surface area is 111 Å². The van der Waals surface area contributed by atoms with Gasteiger partial charge in [-0.05, 0) is 13.8 Å². The maximum Gasteiger partial charge on any atom is 0.340 e. The van der Waals surface area contributed by atoms with E-state index in [1.807, 2.05) is 13.8 Å². The lowest BCUT2D eigenvalue weighted by molar-refractivity contribution is -0.114. The second kappa shape index (κ2) is 5.52. The highest BCUT2D eigenvalue weighted by molar-refractivity contribution is 5.91. The molecule has 1 unspecified atom stereocenters. The van der Waals surface area contributed by atoms with Crippen molar-refractivity contribution in [3.8, 4) is 0 Å². The number of amidine groups is 1. The summed E-state index contributed by atoms with van der Waals surface area (Å²) in [5.74, 6) is 6.11. The zero-order chi connectivity index (χ0) is 14.8. The molecule has 0 saturated carbocycles. The Morgan fingerprint density at radius 1 is 1.63 bits per heavy atom. The van der Waals surface area contributed by atoms with Gasteiger partial charge in [-0.1, -0.05) is 13.8 Å². The number of carbonyl (C=O) groups is 2. The number of amides is 2. The third-order valence-corrected chi connectivity index (χ3v) is 2.64. The van der Waals surface area contributed by atoms with Crippen molar-refractivity contribution in [1.82, 2.24) is 15.3 Å². The number of aldehydes is 1. The summed E-state index contributed by atoms with van der Waals surface area (Å²) in [5.41, 5.74) is -1.03. The molecule has 0 saturated heterocycles. The lowest BCUT2D eigenvalue weighted by Gasteiger charge is -2.27. The van der Waals surface area contributed by atoms with Crippen LogP contribution < -0.4 is 11.2 Å². The molecule has 2 amide bonds. The first-order chi connectivity index (χ1) is 8.73. The van der Waals surface area contributed by atoms with Crippen molar-refractivity contribution in [2.75, 3.05) is 6.67 Å². The van der Waals surface area contributed by atoms with E-state index in [0.29, 0.717) is 12.1 Å². The molecule has 108 valence electrons. The number of hydrazone groups is 1. The summed E-state index contributed by atoms with van der Waals surface area (Å²) in [6, 6.07) is -0.661. The second-order valence-corrected chi connectivity index (χ2v) is 5.36. The Bertz CT molecular complexity index is 397. The lowest BCUT2D eigenvalue weighted by Crippen LogP contribution is -2.55. The average Bonchev–Trinajstić information content (AvgIpc) is 2.65. The van der Waals surface area contributed by atoms with Gasteiger partial charge in [-0.2, -0.15) is 10.1 Å². The second-order valence-electron chi connectivity index (χ2n) is 5.36. The monoisotopic (exact) mass is 273 g/mol. The molecular formula is C11H20FN5O2. The molecule has 0 aliphatic carbocycles. The van der Waals surface area contributed by atoms with E-state index in [1.54, 1.807) is 0 Å². The van der Waals surface area contributed by atoms with Crippen LogP contribution in [0.3, 0.4) is 0 Å². The van der Waals surface area contributed by atoms with Gasteiger partial charge in [0.05, 0.1) is 5.54 Å². The van der Waals surface area contributed by atoms with E-state index < -0.39 is 24.4 Å². The van der Waals surface area contributed by atoms with Crippen molar-refractivity contribution in [2.24, 2.45) is 16.9 Å². The van der Waals surface area contributed by atoms with Gasteiger partial charge in [0, 0.05) is 5.92 Å². The Morgan fingerprint density at radius 2 is 2.21 bits per heavy atom. The first-order valence-corrected chi connectivity index (χ1v) is 5.98. The number of alkyl halides is 1. The highest BCUT2D eigenvalue weighted by atomic mass is 19.1. The van der Waals surface area contributed by atoms with Crippen molar-refractivity contribution < 1.29 is 14.0 Å². The van der Waals surface area contributed by atoms with Crippen molar-refractivity contribution in [3.05, 3.63) is 0 Å². The molecule has 0 aromatic heterocycles. The first kappa shape index (κ1) is 15.4. The molecule has 0 aromatic rings. The number of nitrogens with one attached hydrogen (secondary N) is 1. The van der Waals surface area contributed by atoms with E-state index in [-0.39, 0.29) is 5.92 Å². The van der Waals surface area contributed by atoms with Gasteiger partial charge >= 0.3 is 6.03 Å². The standard InChI is InChI=1S/C11H20FN5O2/c1-7(2)9-15-17(8(5-18)16(9)13)10(19)14-11(3,4)6-12/h5,7-8H,6,13H2,1-4H3,(H,14,19). The number of rotatable bonds is 4. The van der Waals surface area contributed by atoms with Crippen LogP contribution in [-0.2, 0) is 4.79 Å². The van der Waals surface area contributed by atoms with E-state index in [4.69, 9.17) is 5.84 Å². The van der Waals surface area contributed by atoms with Crippen LogP contribution in [0.4, 0.5) is 9.18 Å². The molecule has 19 heavy (non-hydrogen) atoms. The molecule has 1 aliphatic heterocycles. The van der Waals surface area contributed by atoms with Crippen molar-refractivity contribution in [2.45, 2.75) is 39.4 Å². The van der Waals surface area contributed by atoms with Gasteiger partial charge in [-0.15, -0.1) is 0 Å². The zero-order valence-electron chi connectivity index (χ0n) is 11.6. The van der Waals surface area contributed by atoms with Crippen molar-refractivity contribution in [1.29, 1.82) is 0 Å². The number of hydrogen-bond donors (Lipinski definition) is 2. The molecule has 0 radical (unpaired) electrons. The average molecular weight is 273 g/mol. The molecule has 0 bridgehead atoms. The summed E-state index contributed by atoms with van der Waals surface area (Å²) in [6.45, 7) is 6.01. The predicted molar refractivity (Wildman–Crippen MR) is 68.6 cm³/mol. The molecule has 3 N–H and O–H groups in total. The minimum atomic E-state index is -1.03. The molecule has 8 heteroatoms. The number of hydrogen-bond acceptors (Lipinski definition) is 5. The maximum atomic E-state index is 12.7. The minimum Gasteiger partial charge on any atom is -0.329 e. The van der Waals surface area contributed by atoms with Crippen LogP contribution in [0, 0.1) is 5.92 Å². The normalized spacial score (nSPS) is 19.7. The van der Waals surface area contributed by atoms with Crippen molar-refractivity contribution in [3.63, 3.8) is 0 Å². The van der Waals surface area contributed by atoms with Gasteiger partial charge in [0.25, 0.3) is 0 Å². The van der Waals surface area contributed by atoms with Crippen LogP contribution in [0.2, 0.25) is 0 Å². The van der Waals surface area contributed by atoms with Gasteiger partial charge in [0.1, 0.15) is 12.5 Å². The molecule has 1 heterocycles. The maximum absolute atomic E-state index is 12.7. The molecule has 0 spiro atoms. The molecule has 1 rings (SSSR count). The van der Waals surface area contributed by atoms with Gasteiger partial charge in [-0.25, -0.2) is 15.0 Å². The van der Waals surface area contributed by atoms with Gasteiger partial charge in [0.15, 0.2) is 12.5 Å². The van der Waals surface area contributed by atoms with E-state index in [2.05, 4.69) is 10.4 Å². The molecule has 0 fully saturated rings. The number of nitrogens with two attached hydrogens (primary N) is 1. The van der Waals surface area contributed by atoms with Gasteiger partial charge in [0.2, 0.25) is 0 Å². The first-order valence-electron chi connectivity index (χ1n) is 5.98. The molecule has 1 atom stereocenters. The third kappa shape index (κ3) is 3.19. The SMILES string of the molecule is CC(C)C1=NN(C(=O)NC(C)(C)CF)C(C=O)N1N. The topological polar surface area (TPSA) is 91.0 Å². The lowest BCUT2D eigenvalue weighted by atomic mass is 10.1. The van der Waals surface area contributed by atoms with E-state index >= 15 is 0 Å². The number of halogens is 1. The van der Waals surface area contributed by atoms with Crippen LogP contribution in [0.25, 0.3) is 0 Å². The number of carbonyl (C=O) groups excluding carboxylic acids is 2. The third-order valence-electron chi connectivity index (χ3n) is 2.64. The van der Waals surface area contributed by atoms with Crippen LogP contribution in [0.1, 0.15) is 27.7 Å². The minimum absolute atomic E-state index is 0.0422. The van der Waals surface area contributed by atoms with Crippen LogP contribution >= 0.6 is 0 Å². The Hall–Kier alpha value is -1.70. The van der Waals surface area contributed by atoms with Gasteiger partial charge < -0.3 is 5.32 Å². The van der Waals surface area contributed by atoms with E-state index in [9.17, 15) is 14.0 Å². The largest absolute Gasteiger partial charge is 0.340 e. The van der Waals surface area contributed by atoms with Crippen LogP contribution in [-0.4, -0.2) is 46.6 Å².